The maximum absolute atomic E-state index is 5.53. The van der Waals surface area contributed by atoms with Gasteiger partial charge in [-0.25, -0.2) is 0 Å². The van der Waals surface area contributed by atoms with E-state index in [0.717, 1.165) is 21.3 Å². The van der Waals surface area contributed by atoms with Gasteiger partial charge in [0.2, 0.25) is 0 Å². The van der Waals surface area contributed by atoms with Gasteiger partial charge in [-0.1, -0.05) is 42.1 Å². The molecule has 0 amide bonds. The second kappa shape index (κ2) is 6.10. The van der Waals surface area contributed by atoms with E-state index in [4.69, 9.17) is 9.47 Å². The Kier molecular flexibility index (Phi) is 4.02. The Hall–Kier alpha value is -2.13. The molecule has 0 unspecified atom stereocenters. The minimum atomic E-state index is 0.865. The summed E-state index contributed by atoms with van der Waals surface area (Å²) in [5.41, 5.74) is 0. The molecule has 106 valence electrons. The molecule has 0 spiro atoms. The minimum absolute atomic E-state index is 0.865. The Balaban J connectivity index is 2.05. The van der Waals surface area contributed by atoms with E-state index in [1.54, 1.807) is 26.0 Å². The second-order valence-electron chi connectivity index (χ2n) is 4.60. The van der Waals surface area contributed by atoms with E-state index in [-0.39, 0.29) is 0 Å². The normalized spacial score (nSPS) is 10.6. The highest BCUT2D eigenvalue weighted by molar-refractivity contribution is 7.99. The van der Waals surface area contributed by atoms with Gasteiger partial charge in [0.1, 0.15) is 11.5 Å². The van der Waals surface area contributed by atoms with Crippen molar-refractivity contribution in [3.05, 3.63) is 60.7 Å². The molecule has 0 bridgehead atoms. The van der Waals surface area contributed by atoms with Gasteiger partial charge in [0.05, 0.1) is 19.1 Å². The van der Waals surface area contributed by atoms with Crippen molar-refractivity contribution in [1.29, 1.82) is 0 Å². The lowest BCUT2D eigenvalue weighted by Gasteiger charge is -2.12. The van der Waals surface area contributed by atoms with Gasteiger partial charge in [0.25, 0.3) is 0 Å². The lowest BCUT2D eigenvalue weighted by atomic mass is 10.1. The molecule has 3 heteroatoms. The van der Waals surface area contributed by atoms with Gasteiger partial charge < -0.3 is 9.47 Å². The van der Waals surface area contributed by atoms with Crippen LogP contribution in [0, 0.1) is 0 Å². The number of rotatable bonds is 4. The van der Waals surface area contributed by atoms with Crippen molar-refractivity contribution in [1.82, 2.24) is 0 Å². The SMILES string of the molecule is COc1ccc(Sc2c(OC)ccc3ccccc23)cc1. The van der Waals surface area contributed by atoms with E-state index in [9.17, 15) is 0 Å². The van der Waals surface area contributed by atoms with E-state index < -0.39 is 0 Å². The fraction of sp³-hybridized carbons (Fsp3) is 0.111. The van der Waals surface area contributed by atoms with Gasteiger partial charge >= 0.3 is 0 Å². The zero-order chi connectivity index (χ0) is 14.7. The summed E-state index contributed by atoms with van der Waals surface area (Å²) < 4.78 is 10.7. The van der Waals surface area contributed by atoms with E-state index in [2.05, 4.69) is 42.5 Å². The third kappa shape index (κ3) is 2.83. The van der Waals surface area contributed by atoms with Crippen LogP contribution >= 0.6 is 11.8 Å². The molecule has 0 saturated heterocycles. The Morgan fingerprint density at radius 1 is 0.762 bits per heavy atom. The van der Waals surface area contributed by atoms with Gasteiger partial charge in [-0.2, -0.15) is 0 Å². The highest BCUT2D eigenvalue weighted by Gasteiger charge is 2.10. The number of ether oxygens (including phenoxy) is 2. The Morgan fingerprint density at radius 2 is 1.52 bits per heavy atom. The van der Waals surface area contributed by atoms with Crippen LogP contribution in [-0.2, 0) is 0 Å². The third-order valence-electron chi connectivity index (χ3n) is 3.34. The molecule has 21 heavy (non-hydrogen) atoms. The van der Waals surface area contributed by atoms with Gasteiger partial charge in [0, 0.05) is 4.90 Å². The highest BCUT2D eigenvalue weighted by atomic mass is 32.2. The fourth-order valence-corrected chi connectivity index (χ4v) is 3.31. The van der Waals surface area contributed by atoms with Crippen molar-refractivity contribution < 1.29 is 9.47 Å². The number of fused-ring (bicyclic) bond motifs is 1. The molecule has 0 heterocycles. The molecule has 0 aliphatic carbocycles. The molecule has 0 aliphatic rings. The van der Waals surface area contributed by atoms with Crippen molar-refractivity contribution in [2.24, 2.45) is 0 Å². The van der Waals surface area contributed by atoms with Crippen LogP contribution in [0.1, 0.15) is 0 Å². The van der Waals surface area contributed by atoms with Crippen molar-refractivity contribution >= 4 is 22.5 Å². The summed E-state index contributed by atoms with van der Waals surface area (Å²) in [5.74, 6) is 1.76. The predicted molar refractivity (Wildman–Crippen MR) is 87.6 cm³/mol. The smallest absolute Gasteiger partial charge is 0.133 e. The van der Waals surface area contributed by atoms with Crippen LogP contribution in [0.25, 0.3) is 10.8 Å². The first kappa shape index (κ1) is 13.8. The fourth-order valence-electron chi connectivity index (χ4n) is 2.25. The van der Waals surface area contributed by atoms with Crippen molar-refractivity contribution in [2.75, 3.05) is 14.2 Å². The highest BCUT2D eigenvalue weighted by Crippen LogP contribution is 2.40. The van der Waals surface area contributed by atoms with Crippen LogP contribution < -0.4 is 9.47 Å². The van der Waals surface area contributed by atoms with Crippen LogP contribution in [0.15, 0.2) is 70.5 Å². The quantitative estimate of drug-likeness (QED) is 0.674. The molecule has 0 aromatic heterocycles. The lowest BCUT2D eigenvalue weighted by Crippen LogP contribution is -1.88. The van der Waals surface area contributed by atoms with Crippen molar-refractivity contribution in [2.45, 2.75) is 9.79 Å². The van der Waals surface area contributed by atoms with Crippen LogP contribution in [0.4, 0.5) is 0 Å². The molecule has 3 aromatic carbocycles. The Morgan fingerprint density at radius 3 is 2.24 bits per heavy atom. The molecular formula is C18H16O2S. The zero-order valence-corrected chi connectivity index (χ0v) is 12.8. The molecule has 2 nitrogen and oxygen atoms in total. The zero-order valence-electron chi connectivity index (χ0n) is 12.0. The summed E-state index contributed by atoms with van der Waals surface area (Å²) in [4.78, 5) is 2.30. The Bertz CT molecular complexity index is 751. The van der Waals surface area contributed by atoms with Crippen molar-refractivity contribution in [3.8, 4) is 11.5 Å². The van der Waals surface area contributed by atoms with Crippen LogP contribution in [0.3, 0.4) is 0 Å². The van der Waals surface area contributed by atoms with E-state index >= 15 is 0 Å². The molecule has 0 atom stereocenters. The summed E-state index contributed by atoms with van der Waals surface area (Å²) in [6.07, 6.45) is 0. The van der Waals surface area contributed by atoms with Gasteiger partial charge in [-0.05, 0) is 41.1 Å². The summed E-state index contributed by atoms with van der Waals surface area (Å²) in [5, 5.41) is 2.42. The van der Waals surface area contributed by atoms with Crippen LogP contribution in [-0.4, -0.2) is 14.2 Å². The first-order valence-corrected chi connectivity index (χ1v) is 7.51. The Labute approximate surface area is 128 Å². The molecular weight excluding hydrogens is 280 g/mol. The number of hydrogen-bond donors (Lipinski definition) is 0. The topological polar surface area (TPSA) is 18.5 Å². The summed E-state index contributed by atoms with van der Waals surface area (Å²) in [6.45, 7) is 0. The molecule has 0 N–H and O–H groups in total. The molecule has 3 aromatic rings. The molecule has 0 radical (unpaired) electrons. The largest absolute Gasteiger partial charge is 0.497 e. The third-order valence-corrected chi connectivity index (χ3v) is 4.48. The first-order valence-electron chi connectivity index (χ1n) is 6.69. The van der Waals surface area contributed by atoms with E-state index in [0.29, 0.717) is 0 Å². The van der Waals surface area contributed by atoms with Crippen molar-refractivity contribution in [3.63, 3.8) is 0 Å². The van der Waals surface area contributed by atoms with Gasteiger partial charge in [-0.3, -0.25) is 0 Å². The average Bonchev–Trinajstić information content (AvgIpc) is 2.56. The summed E-state index contributed by atoms with van der Waals surface area (Å²) >= 11 is 1.71. The number of benzene rings is 3. The number of hydrogen-bond acceptors (Lipinski definition) is 3. The number of methoxy groups -OCH3 is 2. The standard InChI is InChI=1S/C18H16O2S/c1-19-14-8-10-15(11-9-14)21-18-16-6-4-3-5-13(16)7-12-17(18)20-2/h3-12H,1-2H3. The first-order chi connectivity index (χ1) is 10.3. The van der Waals surface area contributed by atoms with E-state index in [1.165, 1.54) is 10.8 Å². The van der Waals surface area contributed by atoms with Gasteiger partial charge in [0.15, 0.2) is 0 Å². The molecule has 0 fully saturated rings. The van der Waals surface area contributed by atoms with Crippen LogP contribution in [0.5, 0.6) is 11.5 Å². The molecule has 3 rings (SSSR count). The minimum Gasteiger partial charge on any atom is -0.497 e. The second-order valence-corrected chi connectivity index (χ2v) is 5.68. The molecule has 0 saturated carbocycles. The maximum atomic E-state index is 5.53. The van der Waals surface area contributed by atoms with Crippen LogP contribution in [0.2, 0.25) is 0 Å². The summed E-state index contributed by atoms with van der Waals surface area (Å²) in [6, 6.07) is 20.5. The molecule has 0 aliphatic heterocycles. The van der Waals surface area contributed by atoms with Gasteiger partial charge in [-0.15, -0.1) is 0 Å². The maximum Gasteiger partial charge on any atom is 0.133 e. The predicted octanol–water partition coefficient (Wildman–Crippen LogP) is 5.01. The average molecular weight is 296 g/mol. The monoisotopic (exact) mass is 296 g/mol. The lowest BCUT2D eigenvalue weighted by molar-refractivity contribution is 0.406. The van der Waals surface area contributed by atoms with E-state index in [1.807, 2.05) is 18.2 Å². The summed E-state index contributed by atoms with van der Waals surface area (Å²) in [7, 11) is 3.39.